The lowest BCUT2D eigenvalue weighted by molar-refractivity contribution is -0.119. The van der Waals surface area contributed by atoms with E-state index >= 15 is 0 Å². The van der Waals surface area contributed by atoms with Crippen LogP contribution in [-0.2, 0) is 16.6 Å². The Morgan fingerprint density at radius 3 is 2.91 bits per heavy atom. The third kappa shape index (κ3) is 3.70. The summed E-state index contributed by atoms with van der Waals surface area (Å²) in [5, 5.41) is 19.0. The van der Waals surface area contributed by atoms with E-state index in [1.807, 2.05) is 26.2 Å². The summed E-state index contributed by atoms with van der Waals surface area (Å²) in [6.45, 7) is 1.83. The maximum Gasteiger partial charge on any atom is 0.262 e. The van der Waals surface area contributed by atoms with Crippen molar-refractivity contribution in [2.45, 2.75) is 19.3 Å². The zero-order valence-corrected chi connectivity index (χ0v) is 19.1. The fourth-order valence-electron chi connectivity index (χ4n) is 4.54. The zero-order valence-electron chi connectivity index (χ0n) is 19.1. The molecule has 4 heterocycles. The van der Waals surface area contributed by atoms with E-state index in [-0.39, 0.29) is 30.3 Å². The van der Waals surface area contributed by atoms with E-state index in [9.17, 15) is 9.59 Å². The SMILES string of the molecule is Cc1c(-c2cc(N)c3nnc(NC(=O)[C@@H]4CC4c4cnn(C)c4)cc3c2)cnc2c1NC(=O)CO2. The first kappa shape index (κ1) is 21.0. The van der Waals surface area contributed by atoms with Crippen LogP contribution in [0.15, 0.2) is 36.8 Å². The first-order chi connectivity index (χ1) is 16.9. The van der Waals surface area contributed by atoms with Crippen molar-refractivity contribution in [3.8, 4) is 17.0 Å². The van der Waals surface area contributed by atoms with Crippen LogP contribution in [0, 0.1) is 12.8 Å². The van der Waals surface area contributed by atoms with E-state index < -0.39 is 0 Å². The minimum Gasteiger partial charge on any atom is -0.466 e. The number of carbonyl (C=O) groups excluding carboxylic acids is 2. The lowest BCUT2D eigenvalue weighted by Gasteiger charge is -2.20. The van der Waals surface area contributed by atoms with E-state index in [1.54, 1.807) is 29.2 Å². The van der Waals surface area contributed by atoms with Gasteiger partial charge in [-0.3, -0.25) is 14.3 Å². The highest BCUT2D eigenvalue weighted by Gasteiger charge is 2.44. The molecule has 1 unspecified atom stereocenters. The molecule has 11 heteroatoms. The van der Waals surface area contributed by atoms with E-state index in [4.69, 9.17) is 10.5 Å². The van der Waals surface area contributed by atoms with Crippen LogP contribution in [0.5, 0.6) is 5.88 Å². The molecule has 35 heavy (non-hydrogen) atoms. The molecule has 1 aliphatic heterocycles. The fraction of sp³-hybridized carbons (Fsp3) is 0.250. The normalized spacial score (nSPS) is 18.5. The highest BCUT2D eigenvalue weighted by atomic mass is 16.5. The van der Waals surface area contributed by atoms with E-state index in [2.05, 4.69) is 30.9 Å². The van der Waals surface area contributed by atoms with Gasteiger partial charge in [0.05, 0.1) is 11.9 Å². The van der Waals surface area contributed by atoms with Crippen LogP contribution in [0.3, 0.4) is 0 Å². The number of amides is 2. The van der Waals surface area contributed by atoms with Crippen molar-refractivity contribution in [1.29, 1.82) is 0 Å². The first-order valence-corrected chi connectivity index (χ1v) is 11.2. The number of nitrogen functional groups attached to an aromatic ring is 1. The van der Waals surface area contributed by atoms with Crippen molar-refractivity contribution >= 4 is 39.9 Å². The second-order valence-corrected chi connectivity index (χ2v) is 8.93. The van der Waals surface area contributed by atoms with Gasteiger partial charge in [0.15, 0.2) is 12.4 Å². The van der Waals surface area contributed by atoms with E-state index in [1.165, 1.54) is 0 Å². The van der Waals surface area contributed by atoms with Gasteiger partial charge in [-0.1, -0.05) is 0 Å². The van der Waals surface area contributed by atoms with Crippen molar-refractivity contribution < 1.29 is 14.3 Å². The highest BCUT2D eigenvalue weighted by molar-refractivity contribution is 6.00. The third-order valence-electron chi connectivity index (χ3n) is 6.47. The molecule has 1 fully saturated rings. The van der Waals surface area contributed by atoms with Gasteiger partial charge in [0, 0.05) is 36.3 Å². The molecule has 176 valence electrons. The summed E-state index contributed by atoms with van der Waals surface area (Å²) in [6.07, 6.45) is 6.20. The molecule has 3 aromatic heterocycles. The number of hydrogen-bond acceptors (Lipinski definition) is 8. The summed E-state index contributed by atoms with van der Waals surface area (Å²) in [7, 11) is 1.86. The molecule has 0 radical (unpaired) electrons. The second-order valence-electron chi connectivity index (χ2n) is 8.93. The Hall–Kier alpha value is -4.54. The van der Waals surface area contributed by atoms with Crippen molar-refractivity contribution in [3.63, 3.8) is 0 Å². The summed E-state index contributed by atoms with van der Waals surface area (Å²) in [5.41, 5.74) is 11.3. The van der Waals surface area contributed by atoms with Gasteiger partial charge in [0.25, 0.3) is 5.91 Å². The van der Waals surface area contributed by atoms with Crippen LogP contribution in [0.4, 0.5) is 17.2 Å². The van der Waals surface area contributed by atoms with Crippen LogP contribution >= 0.6 is 0 Å². The number of nitrogens with one attached hydrogen (secondary N) is 2. The predicted molar refractivity (Wildman–Crippen MR) is 129 cm³/mol. The largest absolute Gasteiger partial charge is 0.466 e. The van der Waals surface area contributed by atoms with Crippen molar-refractivity contribution in [3.05, 3.63) is 47.9 Å². The van der Waals surface area contributed by atoms with Gasteiger partial charge >= 0.3 is 0 Å². The topological polar surface area (TPSA) is 150 Å². The van der Waals surface area contributed by atoms with Gasteiger partial charge in [0.1, 0.15) is 11.2 Å². The minimum atomic E-state index is -0.227. The molecule has 4 N–H and O–H groups in total. The van der Waals surface area contributed by atoms with Crippen LogP contribution in [0.25, 0.3) is 22.0 Å². The molecular weight excluding hydrogens is 448 g/mol. The summed E-state index contributed by atoms with van der Waals surface area (Å²) < 4.78 is 7.14. The number of aryl methyl sites for hydroxylation is 1. The summed E-state index contributed by atoms with van der Waals surface area (Å²) in [4.78, 5) is 28.9. The molecule has 1 aromatic carbocycles. The molecule has 2 aliphatic rings. The number of pyridine rings is 1. The number of carbonyl (C=O) groups is 2. The van der Waals surface area contributed by atoms with Crippen molar-refractivity contribution in [2.75, 3.05) is 23.0 Å². The Kier molecular flexibility index (Phi) is 4.66. The molecule has 1 saturated carbocycles. The van der Waals surface area contributed by atoms with Crippen LogP contribution in [-0.4, -0.2) is 43.4 Å². The highest BCUT2D eigenvalue weighted by Crippen LogP contribution is 2.47. The molecule has 6 rings (SSSR count). The van der Waals surface area contributed by atoms with Gasteiger partial charge in [0.2, 0.25) is 11.8 Å². The van der Waals surface area contributed by atoms with Crippen molar-refractivity contribution in [2.24, 2.45) is 13.0 Å². The molecular formula is C24H22N8O3. The number of benzene rings is 1. The average Bonchev–Trinajstić information content (AvgIpc) is 3.52. The third-order valence-corrected chi connectivity index (χ3v) is 6.47. The second kappa shape index (κ2) is 7.76. The Balaban J connectivity index is 1.29. The van der Waals surface area contributed by atoms with Gasteiger partial charge in [-0.05, 0) is 54.2 Å². The standard InChI is InChI=1S/C24H22N8O3/c1-11-17(8-26-24-21(11)29-20(33)10-35-24)12-3-13-5-19(30-31-22(13)18(25)4-12)28-23(34)16-6-15(16)14-7-27-32(2)9-14/h3-5,7-9,15-16H,6,10,25H2,1-2H3,(H,29,33)(H,28,30,34)/t15?,16-/m1/s1. The molecule has 0 saturated heterocycles. The summed E-state index contributed by atoms with van der Waals surface area (Å²) >= 11 is 0. The maximum absolute atomic E-state index is 12.8. The van der Waals surface area contributed by atoms with Gasteiger partial charge in [-0.2, -0.15) is 5.10 Å². The lowest BCUT2D eigenvalue weighted by atomic mass is 9.99. The molecule has 4 aromatic rings. The Labute approximate surface area is 199 Å². The number of aromatic nitrogens is 5. The predicted octanol–water partition coefficient (Wildman–Crippen LogP) is 2.39. The molecule has 2 amide bonds. The number of rotatable bonds is 4. The molecule has 11 nitrogen and oxygen atoms in total. The molecule has 2 atom stereocenters. The average molecular weight is 470 g/mol. The Morgan fingerprint density at radius 1 is 1.26 bits per heavy atom. The number of ether oxygens (including phenoxy) is 1. The Morgan fingerprint density at radius 2 is 2.11 bits per heavy atom. The van der Waals surface area contributed by atoms with E-state index in [0.717, 1.165) is 34.1 Å². The monoisotopic (exact) mass is 470 g/mol. The molecule has 0 spiro atoms. The molecule has 0 bridgehead atoms. The zero-order chi connectivity index (χ0) is 24.3. The molecule has 1 aliphatic carbocycles. The Bertz CT molecular complexity index is 1530. The van der Waals surface area contributed by atoms with Crippen molar-refractivity contribution in [1.82, 2.24) is 25.0 Å². The summed E-state index contributed by atoms with van der Waals surface area (Å²) in [5.74, 6) is 0.479. The van der Waals surface area contributed by atoms with Crippen LogP contribution < -0.4 is 21.1 Å². The number of anilines is 3. The number of hydrogen-bond donors (Lipinski definition) is 3. The van der Waals surface area contributed by atoms with Gasteiger partial charge < -0.3 is 21.1 Å². The number of nitrogens with zero attached hydrogens (tertiary/aromatic N) is 5. The quantitative estimate of drug-likeness (QED) is 0.385. The van der Waals surface area contributed by atoms with Crippen LogP contribution in [0.2, 0.25) is 0 Å². The van der Waals surface area contributed by atoms with Gasteiger partial charge in [-0.25, -0.2) is 4.98 Å². The minimum absolute atomic E-state index is 0.0568. The lowest BCUT2D eigenvalue weighted by Crippen LogP contribution is -2.26. The van der Waals surface area contributed by atoms with Crippen LogP contribution in [0.1, 0.15) is 23.5 Å². The fourth-order valence-corrected chi connectivity index (χ4v) is 4.54. The smallest absolute Gasteiger partial charge is 0.262 e. The maximum atomic E-state index is 12.8. The summed E-state index contributed by atoms with van der Waals surface area (Å²) in [6, 6.07) is 5.46. The number of nitrogens with two attached hydrogens (primary N) is 1. The van der Waals surface area contributed by atoms with E-state index in [0.29, 0.717) is 28.6 Å². The van der Waals surface area contributed by atoms with Gasteiger partial charge in [-0.15, -0.1) is 10.2 Å². The number of fused-ring (bicyclic) bond motifs is 2. The first-order valence-electron chi connectivity index (χ1n) is 11.2.